The van der Waals surface area contributed by atoms with Crippen molar-refractivity contribution in [3.8, 4) is 5.75 Å². The summed E-state index contributed by atoms with van der Waals surface area (Å²) in [5.74, 6) is 0.0207. The van der Waals surface area contributed by atoms with Crippen LogP contribution >= 0.6 is 24.0 Å². The number of methoxy groups -OCH3 is 1. The number of carbonyl (C=O) groups is 2. The molecule has 1 saturated heterocycles. The molecule has 0 bridgehead atoms. The molecule has 6 heteroatoms. The lowest BCUT2D eigenvalue weighted by molar-refractivity contribution is -0.135. The van der Waals surface area contributed by atoms with Gasteiger partial charge in [-0.05, 0) is 23.8 Å². The first-order valence-electron chi connectivity index (χ1n) is 5.45. The molecule has 1 fully saturated rings. The highest BCUT2D eigenvalue weighted by Crippen LogP contribution is 2.32. The predicted octanol–water partition coefficient (Wildman–Crippen LogP) is 2.44. The molecule has 0 aromatic heterocycles. The van der Waals surface area contributed by atoms with Gasteiger partial charge in [0.25, 0.3) is 5.91 Å². The van der Waals surface area contributed by atoms with E-state index in [1.165, 1.54) is 6.92 Å². The lowest BCUT2D eigenvalue weighted by Gasteiger charge is -2.07. The van der Waals surface area contributed by atoms with Crippen LogP contribution in [-0.4, -0.2) is 28.1 Å². The van der Waals surface area contributed by atoms with E-state index in [1.54, 1.807) is 25.3 Å². The van der Waals surface area contributed by atoms with Gasteiger partial charge in [0, 0.05) is 6.92 Å². The predicted molar refractivity (Wildman–Crippen MR) is 78.7 cm³/mol. The summed E-state index contributed by atoms with van der Waals surface area (Å²) in [6, 6.07) is 7.27. The minimum atomic E-state index is -0.363. The van der Waals surface area contributed by atoms with E-state index >= 15 is 0 Å². The molecule has 1 heterocycles. The number of rotatable bonds is 2. The third kappa shape index (κ3) is 2.85. The van der Waals surface area contributed by atoms with Crippen molar-refractivity contribution in [1.29, 1.82) is 0 Å². The highest BCUT2D eigenvalue weighted by molar-refractivity contribution is 8.26. The molecule has 0 spiro atoms. The lowest BCUT2D eigenvalue weighted by Crippen LogP contribution is -2.32. The van der Waals surface area contributed by atoms with Crippen LogP contribution in [0.25, 0.3) is 6.08 Å². The molecule has 2 amide bonds. The smallest absolute Gasteiger partial charge is 0.273 e. The number of benzene rings is 1. The summed E-state index contributed by atoms with van der Waals surface area (Å²) >= 11 is 6.14. The van der Waals surface area contributed by atoms with Gasteiger partial charge in [0.05, 0.1) is 12.0 Å². The zero-order valence-electron chi connectivity index (χ0n) is 10.4. The third-order valence-corrected chi connectivity index (χ3v) is 3.82. The summed E-state index contributed by atoms with van der Waals surface area (Å²) in [5, 5.41) is 0. The van der Waals surface area contributed by atoms with Crippen LogP contribution in [0.15, 0.2) is 29.2 Å². The maximum absolute atomic E-state index is 12.0. The molecule has 1 aromatic carbocycles. The van der Waals surface area contributed by atoms with Crippen LogP contribution in [0.5, 0.6) is 5.75 Å². The average Bonchev–Trinajstić information content (AvgIpc) is 2.65. The Kier molecular flexibility index (Phi) is 4.01. The van der Waals surface area contributed by atoms with Crippen LogP contribution < -0.4 is 4.74 Å². The van der Waals surface area contributed by atoms with Gasteiger partial charge >= 0.3 is 0 Å². The summed E-state index contributed by atoms with van der Waals surface area (Å²) in [6.07, 6.45) is 1.71. The zero-order valence-corrected chi connectivity index (χ0v) is 12.0. The lowest BCUT2D eigenvalue weighted by atomic mass is 10.2. The number of imide groups is 1. The second-order valence-corrected chi connectivity index (χ2v) is 5.49. The second-order valence-electron chi connectivity index (χ2n) is 3.81. The maximum Gasteiger partial charge on any atom is 0.273 e. The molecule has 98 valence electrons. The van der Waals surface area contributed by atoms with E-state index < -0.39 is 0 Å². The van der Waals surface area contributed by atoms with E-state index in [-0.39, 0.29) is 16.1 Å². The molecule has 1 aliphatic heterocycles. The van der Waals surface area contributed by atoms with Crippen molar-refractivity contribution >= 4 is 46.2 Å². The van der Waals surface area contributed by atoms with Crippen LogP contribution in [0.2, 0.25) is 0 Å². The van der Waals surface area contributed by atoms with Crippen molar-refractivity contribution in [3.63, 3.8) is 0 Å². The van der Waals surface area contributed by atoms with Gasteiger partial charge in [0.1, 0.15) is 5.75 Å². The number of nitrogens with zero attached hydrogens (tertiary/aromatic N) is 1. The Labute approximate surface area is 120 Å². The normalized spacial score (nSPS) is 17.2. The quantitative estimate of drug-likeness (QED) is 0.619. The topological polar surface area (TPSA) is 46.6 Å². The molecular formula is C13H11NO3S2. The summed E-state index contributed by atoms with van der Waals surface area (Å²) < 4.78 is 5.33. The van der Waals surface area contributed by atoms with Gasteiger partial charge in [-0.2, -0.15) is 0 Å². The molecule has 0 saturated carbocycles. The van der Waals surface area contributed by atoms with Gasteiger partial charge in [-0.3, -0.25) is 9.59 Å². The van der Waals surface area contributed by atoms with Crippen LogP contribution in [0.3, 0.4) is 0 Å². The average molecular weight is 293 g/mol. The first-order valence-corrected chi connectivity index (χ1v) is 6.68. The van der Waals surface area contributed by atoms with E-state index in [1.807, 2.05) is 12.1 Å². The second kappa shape index (κ2) is 5.54. The van der Waals surface area contributed by atoms with E-state index in [9.17, 15) is 9.59 Å². The van der Waals surface area contributed by atoms with Gasteiger partial charge in [-0.25, -0.2) is 4.90 Å². The molecule has 1 aromatic rings. The number of hydrogen-bond acceptors (Lipinski definition) is 5. The first-order chi connectivity index (χ1) is 9.02. The SMILES string of the molecule is COc1ccc(/C=C2/SC(=S)N(C(C)=O)C2=O)cc1. The van der Waals surface area contributed by atoms with Gasteiger partial charge in [-0.15, -0.1) is 0 Å². The Morgan fingerprint density at radius 1 is 1.37 bits per heavy atom. The zero-order chi connectivity index (χ0) is 14.0. The Hall–Kier alpha value is -1.66. The monoisotopic (exact) mass is 293 g/mol. The number of thiocarbonyl (C=S) groups is 1. The molecular weight excluding hydrogens is 282 g/mol. The van der Waals surface area contributed by atoms with E-state index in [0.717, 1.165) is 28.0 Å². The number of carbonyl (C=O) groups excluding carboxylic acids is 2. The summed E-state index contributed by atoms with van der Waals surface area (Å²) in [7, 11) is 1.59. The van der Waals surface area contributed by atoms with E-state index in [2.05, 4.69) is 0 Å². The Morgan fingerprint density at radius 3 is 2.47 bits per heavy atom. The molecule has 0 radical (unpaired) electrons. The molecule has 0 unspecified atom stereocenters. The van der Waals surface area contributed by atoms with Crippen molar-refractivity contribution in [2.75, 3.05) is 7.11 Å². The van der Waals surface area contributed by atoms with Crippen molar-refractivity contribution in [3.05, 3.63) is 34.7 Å². The van der Waals surface area contributed by atoms with Gasteiger partial charge < -0.3 is 4.74 Å². The highest BCUT2D eigenvalue weighted by atomic mass is 32.2. The maximum atomic E-state index is 12.0. The van der Waals surface area contributed by atoms with Crippen molar-refractivity contribution in [1.82, 2.24) is 4.90 Å². The van der Waals surface area contributed by atoms with E-state index in [4.69, 9.17) is 17.0 Å². The van der Waals surface area contributed by atoms with Crippen LogP contribution in [0.4, 0.5) is 0 Å². The fourth-order valence-corrected chi connectivity index (χ4v) is 2.94. The minimum Gasteiger partial charge on any atom is -0.497 e. The largest absolute Gasteiger partial charge is 0.497 e. The Morgan fingerprint density at radius 2 is 2.00 bits per heavy atom. The summed E-state index contributed by atoms with van der Waals surface area (Å²) in [5.41, 5.74) is 0.852. The van der Waals surface area contributed by atoms with Crippen molar-refractivity contribution in [2.24, 2.45) is 0 Å². The molecule has 19 heavy (non-hydrogen) atoms. The summed E-state index contributed by atoms with van der Waals surface area (Å²) in [6.45, 7) is 1.32. The van der Waals surface area contributed by atoms with E-state index in [0.29, 0.717) is 4.91 Å². The molecule has 0 N–H and O–H groups in total. The third-order valence-electron chi connectivity index (χ3n) is 2.52. The number of thioether (sulfide) groups is 1. The van der Waals surface area contributed by atoms with Crippen LogP contribution in [-0.2, 0) is 9.59 Å². The molecule has 4 nitrogen and oxygen atoms in total. The van der Waals surface area contributed by atoms with Gasteiger partial charge in [0.15, 0.2) is 4.32 Å². The number of ether oxygens (including phenoxy) is 1. The Bertz CT molecular complexity index is 578. The van der Waals surface area contributed by atoms with Crippen LogP contribution in [0.1, 0.15) is 12.5 Å². The standard InChI is InChI=1S/C13H11NO3S2/c1-8(15)14-12(16)11(19-13(14)18)7-9-3-5-10(17-2)6-4-9/h3-7H,1-2H3/b11-7+. The van der Waals surface area contributed by atoms with Crippen molar-refractivity contribution in [2.45, 2.75) is 6.92 Å². The molecule has 0 aliphatic carbocycles. The number of amides is 2. The summed E-state index contributed by atoms with van der Waals surface area (Å²) in [4.78, 5) is 24.8. The fraction of sp³-hybridized carbons (Fsp3) is 0.154. The fourth-order valence-electron chi connectivity index (χ4n) is 1.59. The molecule has 2 rings (SSSR count). The van der Waals surface area contributed by atoms with Crippen molar-refractivity contribution < 1.29 is 14.3 Å². The minimum absolute atomic E-state index is 0.275. The molecule has 0 atom stereocenters. The van der Waals surface area contributed by atoms with Gasteiger partial charge in [-0.1, -0.05) is 36.1 Å². The first kappa shape index (κ1) is 13.8. The highest BCUT2D eigenvalue weighted by Gasteiger charge is 2.34. The number of hydrogen-bond donors (Lipinski definition) is 0. The van der Waals surface area contributed by atoms with Crippen LogP contribution in [0, 0.1) is 0 Å². The molecule has 1 aliphatic rings. The van der Waals surface area contributed by atoms with Gasteiger partial charge in [0.2, 0.25) is 5.91 Å². The Balaban J connectivity index is 2.27.